The number of aromatic nitrogens is 4. The SMILES string of the molecule is CSc1nc(N[C@@H](CNC(=O)c2ccc(Cl)cc2)CC2CCCCC2)cc(-n2ccnc2)n1. The Balaban J connectivity index is 1.49. The van der Waals surface area contributed by atoms with Crippen LogP contribution in [0, 0.1) is 5.92 Å². The van der Waals surface area contributed by atoms with Gasteiger partial charge in [-0.25, -0.2) is 15.0 Å². The zero-order valence-corrected chi connectivity index (χ0v) is 20.3. The number of amides is 1. The van der Waals surface area contributed by atoms with Crippen LogP contribution in [0.2, 0.25) is 5.02 Å². The Morgan fingerprint density at radius 3 is 2.70 bits per heavy atom. The molecule has 0 unspecified atom stereocenters. The molecule has 0 saturated heterocycles. The van der Waals surface area contributed by atoms with Crippen molar-refractivity contribution in [2.75, 3.05) is 18.1 Å². The van der Waals surface area contributed by atoms with Crippen LogP contribution in [0.1, 0.15) is 48.9 Å². The second-order valence-corrected chi connectivity index (χ2v) is 9.58. The number of rotatable bonds is 9. The molecule has 1 aliphatic carbocycles. The van der Waals surface area contributed by atoms with Crippen LogP contribution in [0.25, 0.3) is 5.82 Å². The van der Waals surface area contributed by atoms with Crippen molar-refractivity contribution in [3.05, 3.63) is 59.6 Å². The second-order valence-electron chi connectivity index (χ2n) is 8.37. The summed E-state index contributed by atoms with van der Waals surface area (Å²) in [6, 6.07) is 8.94. The van der Waals surface area contributed by atoms with Gasteiger partial charge in [0.1, 0.15) is 18.0 Å². The fourth-order valence-corrected chi connectivity index (χ4v) is 4.75. The van der Waals surface area contributed by atoms with E-state index in [0.29, 0.717) is 28.2 Å². The van der Waals surface area contributed by atoms with Crippen molar-refractivity contribution in [1.29, 1.82) is 0 Å². The summed E-state index contributed by atoms with van der Waals surface area (Å²) in [6.45, 7) is 0.511. The third-order valence-electron chi connectivity index (χ3n) is 5.95. The number of benzene rings is 1. The Labute approximate surface area is 203 Å². The van der Waals surface area contributed by atoms with Gasteiger partial charge in [0.15, 0.2) is 5.16 Å². The van der Waals surface area contributed by atoms with Crippen molar-refractivity contribution in [1.82, 2.24) is 24.8 Å². The van der Waals surface area contributed by atoms with Gasteiger partial charge >= 0.3 is 0 Å². The fourth-order valence-electron chi connectivity index (χ4n) is 4.25. The van der Waals surface area contributed by atoms with Crippen LogP contribution in [0.15, 0.2) is 54.2 Å². The number of imidazole rings is 1. The van der Waals surface area contributed by atoms with E-state index in [1.807, 2.05) is 23.1 Å². The molecule has 4 rings (SSSR count). The fraction of sp³-hybridized carbons (Fsp3) is 0.417. The Morgan fingerprint density at radius 2 is 2.00 bits per heavy atom. The quantitative estimate of drug-likeness (QED) is 0.320. The summed E-state index contributed by atoms with van der Waals surface area (Å²) < 4.78 is 1.87. The van der Waals surface area contributed by atoms with E-state index >= 15 is 0 Å². The summed E-state index contributed by atoms with van der Waals surface area (Å²) in [7, 11) is 0. The number of thioether (sulfide) groups is 1. The normalized spacial score (nSPS) is 15.2. The molecule has 2 aromatic heterocycles. The first-order chi connectivity index (χ1) is 16.1. The molecule has 1 atom stereocenters. The van der Waals surface area contributed by atoms with E-state index in [9.17, 15) is 4.79 Å². The third-order valence-corrected chi connectivity index (χ3v) is 6.75. The maximum Gasteiger partial charge on any atom is 0.251 e. The van der Waals surface area contributed by atoms with Gasteiger partial charge in [-0.1, -0.05) is 55.5 Å². The molecule has 1 fully saturated rings. The van der Waals surface area contributed by atoms with Crippen molar-refractivity contribution >= 4 is 35.1 Å². The van der Waals surface area contributed by atoms with Crippen LogP contribution >= 0.6 is 23.4 Å². The lowest BCUT2D eigenvalue weighted by Crippen LogP contribution is -2.38. The maximum atomic E-state index is 12.7. The standard InChI is InChI=1S/C24H29ClN6OS/c1-33-24-29-21(14-22(30-24)31-12-11-26-16-31)28-20(13-17-5-3-2-4-6-17)15-27-23(32)18-7-9-19(25)10-8-18/h7-12,14,16-17,20H,2-6,13,15H2,1H3,(H,27,32)(H,28,29,30)/t20-/m1/s1. The Bertz CT molecular complexity index is 1040. The molecule has 3 aromatic rings. The van der Waals surface area contributed by atoms with Gasteiger partial charge in [0.25, 0.3) is 5.91 Å². The summed E-state index contributed by atoms with van der Waals surface area (Å²) >= 11 is 7.45. The average molecular weight is 485 g/mol. The highest BCUT2D eigenvalue weighted by Crippen LogP contribution is 2.28. The summed E-state index contributed by atoms with van der Waals surface area (Å²) in [4.78, 5) is 26.1. The largest absolute Gasteiger partial charge is 0.365 e. The molecule has 9 heteroatoms. The minimum atomic E-state index is -0.103. The number of nitrogens with zero attached hydrogens (tertiary/aromatic N) is 4. The first-order valence-electron chi connectivity index (χ1n) is 11.3. The molecular weight excluding hydrogens is 456 g/mol. The Hall–Kier alpha value is -2.58. The van der Waals surface area contributed by atoms with Gasteiger partial charge in [-0.3, -0.25) is 9.36 Å². The zero-order valence-electron chi connectivity index (χ0n) is 18.7. The van der Waals surface area contributed by atoms with Crippen LogP contribution < -0.4 is 10.6 Å². The van der Waals surface area contributed by atoms with E-state index in [4.69, 9.17) is 11.6 Å². The predicted octanol–water partition coefficient (Wildman–Crippen LogP) is 5.22. The lowest BCUT2D eigenvalue weighted by atomic mass is 9.84. The number of anilines is 1. The molecule has 0 aliphatic heterocycles. The first-order valence-corrected chi connectivity index (χ1v) is 12.9. The van der Waals surface area contributed by atoms with Gasteiger partial charge in [-0.2, -0.15) is 0 Å². The van der Waals surface area contributed by atoms with Gasteiger partial charge in [0, 0.05) is 41.6 Å². The molecule has 1 aromatic carbocycles. The highest BCUT2D eigenvalue weighted by Gasteiger charge is 2.21. The van der Waals surface area contributed by atoms with Gasteiger partial charge in [-0.15, -0.1) is 0 Å². The first kappa shape index (κ1) is 23.6. The van der Waals surface area contributed by atoms with Gasteiger partial charge < -0.3 is 10.6 Å². The molecule has 174 valence electrons. The molecule has 1 saturated carbocycles. The van der Waals surface area contributed by atoms with E-state index in [2.05, 4.69) is 25.6 Å². The number of hydrogen-bond acceptors (Lipinski definition) is 6. The van der Waals surface area contributed by atoms with E-state index in [0.717, 1.165) is 18.1 Å². The molecular formula is C24H29ClN6OS. The molecule has 7 nitrogen and oxygen atoms in total. The summed E-state index contributed by atoms with van der Waals surface area (Å²) in [5.74, 6) is 2.06. The lowest BCUT2D eigenvalue weighted by Gasteiger charge is -2.28. The minimum absolute atomic E-state index is 0.0598. The highest BCUT2D eigenvalue weighted by atomic mass is 35.5. The van der Waals surface area contributed by atoms with E-state index in [1.165, 1.54) is 43.9 Å². The van der Waals surface area contributed by atoms with E-state index in [1.54, 1.807) is 36.8 Å². The predicted molar refractivity (Wildman–Crippen MR) is 133 cm³/mol. The number of halogens is 1. The number of nitrogens with one attached hydrogen (secondary N) is 2. The molecule has 2 heterocycles. The molecule has 0 radical (unpaired) electrons. The Morgan fingerprint density at radius 1 is 1.21 bits per heavy atom. The topological polar surface area (TPSA) is 84.7 Å². The van der Waals surface area contributed by atoms with Crippen LogP contribution in [-0.4, -0.2) is 44.3 Å². The summed E-state index contributed by atoms with van der Waals surface area (Å²) in [6.07, 6.45) is 14.6. The van der Waals surface area contributed by atoms with Crippen molar-refractivity contribution < 1.29 is 4.79 Å². The number of carbonyl (C=O) groups is 1. The van der Waals surface area contributed by atoms with Crippen LogP contribution in [-0.2, 0) is 0 Å². The second kappa shape index (κ2) is 11.5. The third kappa shape index (κ3) is 6.71. The van der Waals surface area contributed by atoms with Crippen molar-refractivity contribution in [3.63, 3.8) is 0 Å². The zero-order chi connectivity index (χ0) is 23.0. The van der Waals surface area contributed by atoms with E-state index < -0.39 is 0 Å². The number of hydrogen-bond donors (Lipinski definition) is 2. The van der Waals surface area contributed by atoms with Gasteiger partial charge in [0.05, 0.1) is 0 Å². The molecule has 0 spiro atoms. The van der Waals surface area contributed by atoms with Crippen molar-refractivity contribution in [3.8, 4) is 5.82 Å². The average Bonchev–Trinajstić information content (AvgIpc) is 3.38. The molecule has 0 bridgehead atoms. The lowest BCUT2D eigenvalue weighted by molar-refractivity contribution is 0.0950. The maximum absolute atomic E-state index is 12.7. The van der Waals surface area contributed by atoms with Crippen LogP contribution in [0.5, 0.6) is 0 Å². The minimum Gasteiger partial charge on any atom is -0.365 e. The highest BCUT2D eigenvalue weighted by molar-refractivity contribution is 7.98. The monoisotopic (exact) mass is 484 g/mol. The summed E-state index contributed by atoms with van der Waals surface area (Å²) in [5.41, 5.74) is 0.602. The van der Waals surface area contributed by atoms with Crippen molar-refractivity contribution in [2.45, 2.75) is 49.7 Å². The summed E-state index contributed by atoms with van der Waals surface area (Å²) in [5, 5.41) is 7.98. The molecule has 1 aliphatic rings. The van der Waals surface area contributed by atoms with Crippen LogP contribution in [0.3, 0.4) is 0 Å². The molecule has 2 N–H and O–H groups in total. The van der Waals surface area contributed by atoms with Crippen LogP contribution in [0.4, 0.5) is 5.82 Å². The molecule has 1 amide bonds. The molecule has 33 heavy (non-hydrogen) atoms. The van der Waals surface area contributed by atoms with Gasteiger partial charge in [0.2, 0.25) is 0 Å². The van der Waals surface area contributed by atoms with E-state index in [-0.39, 0.29) is 11.9 Å². The Kier molecular flexibility index (Phi) is 8.23. The smallest absolute Gasteiger partial charge is 0.251 e. The van der Waals surface area contributed by atoms with Crippen molar-refractivity contribution in [2.24, 2.45) is 5.92 Å². The van der Waals surface area contributed by atoms with Gasteiger partial charge in [-0.05, 0) is 42.9 Å². The number of carbonyl (C=O) groups excluding carboxylic acids is 1.